The Bertz CT molecular complexity index is 386. The topological polar surface area (TPSA) is 61.9 Å². The fourth-order valence-electron chi connectivity index (χ4n) is 1.70. The van der Waals surface area contributed by atoms with Crippen molar-refractivity contribution in [2.24, 2.45) is 0 Å². The van der Waals surface area contributed by atoms with Gasteiger partial charge in [-0.3, -0.25) is 9.89 Å². The van der Waals surface area contributed by atoms with E-state index in [1.54, 1.807) is 0 Å². The first-order valence-electron chi connectivity index (χ1n) is 6.91. The molecule has 1 aromatic heterocycles. The molecule has 0 saturated carbocycles. The predicted molar refractivity (Wildman–Crippen MR) is 78.4 cm³/mol. The summed E-state index contributed by atoms with van der Waals surface area (Å²) in [5.41, 5.74) is 0. The molecule has 0 radical (unpaired) electrons. The van der Waals surface area contributed by atoms with Crippen LogP contribution in [0.25, 0.3) is 0 Å². The molecule has 0 spiro atoms. The van der Waals surface area contributed by atoms with Crippen LogP contribution in [0, 0.1) is 0 Å². The van der Waals surface area contributed by atoms with E-state index in [-0.39, 0.29) is 5.91 Å². The molecule has 0 unspecified atom stereocenters. The quantitative estimate of drug-likeness (QED) is 0.746. The second-order valence-electron chi connectivity index (χ2n) is 4.83. The van der Waals surface area contributed by atoms with Gasteiger partial charge in [0, 0.05) is 19.0 Å². The van der Waals surface area contributed by atoms with Gasteiger partial charge < -0.3 is 4.90 Å². The Hall–Kier alpha value is -1.04. The summed E-state index contributed by atoms with van der Waals surface area (Å²) >= 11 is 1.40. The Morgan fingerprint density at radius 2 is 1.95 bits per heavy atom. The van der Waals surface area contributed by atoms with Gasteiger partial charge in [-0.2, -0.15) is 0 Å². The zero-order chi connectivity index (χ0) is 14.3. The predicted octanol–water partition coefficient (Wildman–Crippen LogP) is 2.67. The summed E-state index contributed by atoms with van der Waals surface area (Å²) in [6.45, 7) is 9.96. The van der Waals surface area contributed by atoms with Crippen LogP contribution in [-0.2, 0) is 4.79 Å². The molecular weight excluding hydrogens is 260 g/mol. The Morgan fingerprint density at radius 1 is 1.32 bits per heavy atom. The monoisotopic (exact) mass is 284 g/mol. The number of rotatable bonds is 8. The Morgan fingerprint density at radius 3 is 2.42 bits per heavy atom. The summed E-state index contributed by atoms with van der Waals surface area (Å²) in [7, 11) is 0. The molecule has 0 atom stereocenters. The molecule has 0 saturated heterocycles. The van der Waals surface area contributed by atoms with Crippen LogP contribution >= 0.6 is 11.8 Å². The minimum atomic E-state index is 0.171. The molecule has 1 amide bonds. The molecular formula is C13H24N4OS. The molecule has 1 N–H and O–H groups in total. The first-order chi connectivity index (χ1) is 9.08. The second kappa shape index (κ2) is 8.19. The van der Waals surface area contributed by atoms with E-state index in [0.717, 1.165) is 31.8 Å². The van der Waals surface area contributed by atoms with Crippen LogP contribution in [0.1, 0.15) is 52.3 Å². The second-order valence-corrected chi connectivity index (χ2v) is 5.77. The highest BCUT2D eigenvalue weighted by molar-refractivity contribution is 7.99. The molecule has 0 aromatic carbocycles. The normalized spacial score (nSPS) is 11.0. The SMILES string of the molecule is CCCN(CCC)C(=O)CSc1n[nH]c(C(C)C)n1. The third-order valence-corrected chi connectivity index (χ3v) is 3.53. The minimum absolute atomic E-state index is 0.171. The summed E-state index contributed by atoms with van der Waals surface area (Å²) in [6.07, 6.45) is 1.99. The van der Waals surface area contributed by atoms with E-state index in [4.69, 9.17) is 0 Å². The molecule has 6 heteroatoms. The van der Waals surface area contributed by atoms with Crippen molar-refractivity contribution < 1.29 is 4.79 Å². The maximum Gasteiger partial charge on any atom is 0.233 e. The van der Waals surface area contributed by atoms with E-state index in [9.17, 15) is 4.79 Å². The molecule has 108 valence electrons. The third kappa shape index (κ3) is 5.22. The van der Waals surface area contributed by atoms with Gasteiger partial charge >= 0.3 is 0 Å². The molecule has 1 aromatic rings. The van der Waals surface area contributed by atoms with Crippen molar-refractivity contribution in [3.8, 4) is 0 Å². The molecule has 0 aliphatic rings. The van der Waals surface area contributed by atoms with Gasteiger partial charge in [0.1, 0.15) is 5.82 Å². The first-order valence-corrected chi connectivity index (χ1v) is 7.89. The number of thioether (sulfide) groups is 1. The van der Waals surface area contributed by atoms with Gasteiger partial charge in [0.25, 0.3) is 0 Å². The molecule has 0 fully saturated rings. The highest BCUT2D eigenvalue weighted by Crippen LogP contribution is 2.16. The Balaban J connectivity index is 2.47. The number of H-pyrrole nitrogens is 1. The largest absolute Gasteiger partial charge is 0.342 e. The van der Waals surface area contributed by atoms with Gasteiger partial charge in [-0.15, -0.1) is 5.10 Å². The van der Waals surface area contributed by atoms with E-state index in [0.29, 0.717) is 16.8 Å². The van der Waals surface area contributed by atoms with Crippen molar-refractivity contribution >= 4 is 17.7 Å². The summed E-state index contributed by atoms with van der Waals surface area (Å²) in [4.78, 5) is 18.4. The minimum Gasteiger partial charge on any atom is -0.342 e. The maximum absolute atomic E-state index is 12.1. The maximum atomic E-state index is 12.1. The van der Waals surface area contributed by atoms with E-state index in [1.165, 1.54) is 11.8 Å². The average molecular weight is 284 g/mol. The van der Waals surface area contributed by atoms with Gasteiger partial charge in [-0.1, -0.05) is 39.5 Å². The lowest BCUT2D eigenvalue weighted by Crippen LogP contribution is -2.33. The average Bonchev–Trinajstić information content (AvgIpc) is 2.84. The Kier molecular flexibility index (Phi) is 6.91. The van der Waals surface area contributed by atoms with Crippen molar-refractivity contribution in [3.63, 3.8) is 0 Å². The zero-order valence-corrected chi connectivity index (χ0v) is 13.1. The highest BCUT2D eigenvalue weighted by atomic mass is 32.2. The van der Waals surface area contributed by atoms with Gasteiger partial charge in [0.2, 0.25) is 11.1 Å². The van der Waals surface area contributed by atoms with Crippen LogP contribution in [0.5, 0.6) is 0 Å². The van der Waals surface area contributed by atoms with Crippen LogP contribution in [-0.4, -0.2) is 44.8 Å². The number of aromatic nitrogens is 3. The fraction of sp³-hybridized carbons (Fsp3) is 0.769. The van der Waals surface area contributed by atoms with Crippen LogP contribution in [0.2, 0.25) is 0 Å². The number of hydrogen-bond acceptors (Lipinski definition) is 4. The van der Waals surface area contributed by atoms with Gasteiger partial charge in [-0.25, -0.2) is 4.98 Å². The van der Waals surface area contributed by atoms with Gasteiger partial charge in [0.15, 0.2) is 0 Å². The number of amides is 1. The lowest BCUT2D eigenvalue weighted by Gasteiger charge is -2.20. The lowest BCUT2D eigenvalue weighted by atomic mass is 10.2. The van der Waals surface area contributed by atoms with Crippen LogP contribution < -0.4 is 0 Å². The standard InChI is InChI=1S/C13H24N4OS/c1-5-7-17(8-6-2)11(18)9-19-13-14-12(10(3)4)15-16-13/h10H,5-9H2,1-4H3,(H,14,15,16). The molecule has 19 heavy (non-hydrogen) atoms. The number of carbonyl (C=O) groups is 1. The van der Waals surface area contributed by atoms with Crippen LogP contribution in [0.4, 0.5) is 0 Å². The zero-order valence-electron chi connectivity index (χ0n) is 12.3. The third-order valence-electron chi connectivity index (χ3n) is 2.69. The van der Waals surface area contributed by atoms with Crippen molar-refractivity contribution in [2.45, 2.75) is 51.6 Å². The molecule has 0 aliphatic carbocycles. The van der Waals surface area contributed by atoms with Gasteiger partial charge in [0.05, 0.1) is 5.75 Å². The van der Waals surface area contributed by atoms with Crippen molar-refractivity contribution in [2.75, 3.05) is 18.8 Å². The number of hydrogen-bond donors (Lipinski definition) is 1. The number of nitrogens with one attached hydrogen (secondary N) is 1. The molecule has 0 bridgehead atoms. The molecule has 0 aliphatic heterocycles. The molecule has 1 heterocycles. The van der Waals surface area contributed by atoms with E-state index in [2.05, 4.69) is 42.9 Å². The number of aromatic amines is 1. The summed E-state index contributed by atoms with van der Waals surface area (Å²) < 4.78 is 0. The van der Waals surface area contributed by atoms with Crippen molar-refractivity contribution in [1.29, 1.82) is 0 Å². The smallest absolute Gasteiger partial charge is 0.233 e. The van der Waals surface area contributed by atoms with Crippen molar-refractivity contribution in [3.05, 3.63) is 5.82 Å². The number of carbonyl (C=O) groups excluding carboxylic acids is 1. The lowest BCUT2D eigenvalue weighted by molar-refractivity contribution is -0.128. The Labute approximate surface area is 119 Å². The highest BCUT2D eigenvalue weighted by Gasteiger charge is 2.14. The van der Waals surface area contributed by atoms with Gasteiger partial charge in [-0.05, 0) is 12.8 Å². The van der Waals surface area contributed by atoms with Crippen LogP contribution in [0.15, 0.2) is 5.16 Å². The first kappa shape index (κ1) is 16.0. The molecule has 5 nitrogen and oxygen atoms in total. The van der Waals surface area contributed by atoms with E-state index >= 15 is 0 Å². The van der Waals surface area contributed by atoms with E-state index < -0.39 is 0 Å². The summed E-state index contributed by atoms with van der Waals surface area (Å²) in [5.74, 6) is 1.78. The molecule has 1 rings (SSSR count). The number of nitrogens with zero attached hydrogens (tertiary/aromatic N) is 3. The van der Waals surface area contributed by atoms with Crippen molar-refractivity contribution in [1.82, 2.24) is 20.1 Å². The van der Waals surface area contributed by atoms with E-state index in [1.807, 2.05) is 4.90 Å². The van der Waals surface area contributed by atoms with Crippen LogP contribution in [0.3, 0.4) is 0 Å². The summed E-state index contributed by atoms with van der Waals surface area (Å²) in [6, 6.07) is 0. The summed E-state index contributed by atoms with van der Waals surface area (Å²) in [5, 5.41) is 7.68. The fourth-order valence-corrected chi connectivity index (χ4v) is 2.41.